The molecule has 2 aromatic rings. The quantitative estimate of drug-likeness (QED) is 0.693. The number of piperidine rings is 2. The number of halogens is 1. The number of amides is 1. The van der Waals surface area contributed by atoms with Gasteiger partial charge in [-0.15, -0.1) is 0 Å². The number of nitrogens with zero attached hydrogens (tertiary/aromatic N) is 2. The number of benzene rings is 2. The highest BCUT2D eigenvalue weighted by Gasteiger charge is 2.33. The van der Waals surface area contributed by atoms with Gasteiger partial charge in [0.15, 0.2) is 0 Å². The molecule has 178 valence electrons. The average molecular weight is 474 g/mol. The zero-order chi connectivity index (χ0) is 23.4. The molecule has 0 unspecified atom stereocenters. The van der Waals surface area contributed by atoms with E-state index < -0.39 is 21.8 Å². The second kappa shape index (κ2) is 10.2. The van der Waals surface area contributed by atoms with E-state index >= 15 is 0 Å². The molecule has 2 aliphatic heterocycles. The van der Waals surface area contributed by atoms with Gasteiger partial charge in [-0.2, -0.15) is 4.31 Å². The van der Waals surface area contributed by atoms with E-state index in [1.54, 1.807) is 0 Å². The minimum atomic E-state index is -3.75. The minimum Gasteiger partial charge on any atom is -0.371 e. The topological polar surface area (TPSA) is 69.7 Å². The lowest BCUT2D eigenvalue weighted by atomic mass is 9.98. The summed E-state index contributed by atoms with van der Waals surface area (Å²) in [5.41, 5.74) is 2.23. The number of sulfonamides is 1. The molecule has 1 amide bonds. The van der Waals surface area contributed by atoms with Crippen molar-refractivity contribution in [2.24, 2.45) is 11.8 Å². The summed E-state index contributed by atoms with van der Waals surface area (Å²) in [4.78, 5) is 15.2. The van der Waals surface area contributed by atoms with E-state index in [1.807, 2.05) is 12.1 Å². The molecular weight excluding hydrogens is 441 g/mol. The number of hydrogen-bond donors (Lipinski definition) is 1. The van der Waals surface area contributed by atoms with Crippen LogP contribution in [0.3, 0.4) is 0 Å². The van der Waals surface area contributed by atoms with Gasteiger partial charge in [0.05, 0.1) is 10.8 Å². The molecule has 33 heavy (non-hydrogen) atoms. The molecule has 0 spiro atoms. The van der Waals surface area contributed by atoms with Gasteiger partial charge in [-0.3, -0.25) is 4.79 Å². The zero-order valence-electron chi connectivity index (χ0n) is 19.0. The van der Waals surface area contributed by atoms with E-state index in [2.05, 4.69) is 29.3 Å². The van der Waals surface area contributed by atoms with E-state index in [4.69, 9.17) is 0 Å². The van der Waals surface area contributed by atoms with Gasteiger partial charge >= 0.3 is 0 Å². The normalized spacial score (nSPS) is 22.2. The Balaban J connectivity index is 1.32. The van der Waals surface area contributed by atoms with Crippen molar-refractivity contribution in [1.29, 1.82) is 0 Å². The molecule has 2 heterocycles. The second-order valence-electron chi connectivity index (χ2n) is 9.23. The van der Waals surface area contributed by atoms with E-state index in [-0.39, 0.29) is 17.3 Å². The van der Waals surface area contributed by atoms with Crippen molar-refractivity contribution in [3.63, 3.8) is 0 Å². The summed E-state index contributed by atoms with van der Waals surface area (Å²) < 4.78 is 40.3. The number of rotatable bonds is 6. The van der Waals surface area contributed by atoms with Crippen molar-refractivity contribution in [3.8, 4) is 0 Å². The van der Waals surface area contributed by atoms with Crippen LogP contribution in [0.5, 0.6) is 0 Å². The smallest absolute Gasteiger partial charge is 0.243 e. The molecule has 0 aliphatic carbocycles. The first-order valence-electron chi connectivity index (χ1n) is 11.7. The molecule has 0 radical (unpaired) electrons. The molecule has 6 nitrogen and oxygen atoms in total. The first kappa shape index (κ1) is 23.7. The van der Waals surface area contributed by atoms with E-state index in [0.717, 1.165) is 30.8 Å². The number of anilines is 1. The van der Waals surface area contributed by atoms with Crippen LogP contribution in [0.1, 0.15) is 38.2 Å². The van der Waals surface area contributed by atoms with Crippen LogP contribution in [0.25, 0.3) is 0 Å². The Labute approximate surface area is 195 Å². The molecule has 2 atom stereocenters. The predicted octanol–water partition coefficient (Wildman–Crippen LogP) is 3.78. The van der Waals surface area contributed by atoms with Gasteiger partial charge < -0.3 is 10.2 Å². The van der Waals surface area contributed by atoms with E-state index in [9.17, 15) is 17.6 Å². The van der Waals surface area contributed by atoms with Crippen LogP contribution >= 0.6 is 0 Å². The highest BCUT2D eigenvalue weighted by atomic mass is 32.2. The lowest BCUT2D eigenvalue weighted by Gasteiger charge is -2.33. The predicted molar refractivity (Wildman–Crippen MR) is 127 cm³/mol. The van der Waals surface area contributed by atoms with Crippen LogP contribution in [0.2, 0.25) is 0 Å². The number of carbonyl (C=O) groups is 1. The lowest BCUT2D eigenvalue weighted by molar-refractivity contribution is -0.126. The van der Waals surface area contributed by atoms with Gasteiger partial charge in [0.1, 0.15) is 5.82 Å². The van der Waals surface area contributed by atoms with E-state index in [0.29, 0.717) is 31.8 Å². The Morgan fingerprint density at radius 2 is 1.70 bits per heavy atom. The van der Waals surface area contributed by atoms with Gasteiger partial charge in [0.2, 0.25) is 15.9 Å². The third kappa shape index (κ3) is 5.73. The maximum Gasteiger partial charge on any atom is 0.243 e. The minimum absolute atomic E-state index is 0.0492. The molecule has 0 bridgehead atoms. The van der Waals surface area contributed by atoms with Gasteiger partial charge in [0, 0.05) is 38.4 Å². The van der Waals surface area contributed by atoms with Gasteiger partial charge in [0.25, 0.3) is 0 Å². The zero-order valence-corrected chi connectivity index (χ0v) is 19.9. The fourth-order valence-corrected chi connectivity index (χ4v) is 6.24. The molecule has 2 saturated heterocycles. The van der Waals surface area contributed by atoms with Crippen LogP contribution in [-0.2, 0) is 21.4 Å². The number of carbonyl (C=O) groups excluding carboxylic acids is 1. The van der Waals surface area contributed by atoms with Crippen LogP contribution < -0.4 is 10.2 Å². The Morgan fingerprint density at radius 1 is 1.00 bits per heavy atom. The highest BCUT2D eigenvalue weighted by molar-refractivity contribution is 7.89. The van der Waals surface area contributed by atoms with Crippen molar-refractivity contribution < 1.29 is 17.6 Å². The monoisotopic (exact) mass is 473 g/mol. The fourth-order valence-electron chi connectivity index (χ4n) is 4.71. The summed E-state index contributed by atoms with van der Waals surface area (Å²) in [6, 6.07) is 13.1. The summed E-state index contributed by atoms with van der Waals surface area (Å²) in [5.74, 6) is -0.311. The summed E-state index contributed by atoms with van der Waals surface area (Å²) in [7, 11) is -3.75. The largest absolute Gasteiger partial charge is 0.371 e. The summed E-state index contributed by atoms with van der Waals surface area (Å²) in [5, 5.41) is 2.97. The van der Waals surface area contributed by atoms with Gasteiger partial charge in [-0.25, -0.2) is 12.8 Å². The SMILES string of the molecule is C[C@@H]1CCCN(c2ccc(CNC(=O)[C@@H]3CCCN(S(=O)(=O)c4ccc(F)cc4)C3)cc2)C1. The van der Waals surface area contributed by atoms with Crippen molar-refractivity contribution >= 4 is 21.6 Å². The first-order chi connectivity index (χ1) is 15.8. The van der Waals surface area contributed by atoms with E-state index in [1.165, 1.54) is 35.0 Å². The van der Waals surface area contributed by atoms with Crippen molar-refractivity contribution in [2.45, 2.75) is 44.0 Å². The third-order valence-electron chi connectivity index (χ3n) is 6.63. The standard InChI is InChI=1S/C25H32FN3O3S/c1-19-4-2-14-28(17-19)23-10-6-20(7-11-23)16-27-25(30)21-5-3-15-29(18-21)33(31,32)24-12-8-22(26)9-13-24/h6-13,19,21H,2-5,14-18H2,1H3,(H,27,30)/t19-,21-/m1/s1. The number of hydrogen-bond acceptors (Lipinski definition) is 4. The molecule has 8 heteroatoms. The molecule has 2 aromatic carbocycles. The third-order valence-corrected chi connectivity index (χ3v) is 8.51. The van der Waals surface area contributed by atoms with Crippen LogP contribution in [-0.4, -0.2) is 44.8 Å². The van der Waals surface area contributed by atoms with Crippen LogP contribution in [0, 0.1) is 17.7 Å². The Bertz CT molecular complexity index is 1060. The summed E-state index contributed by atoms with van der Waals surface area (Å²) >= 11 is 0. The molecule has 2 fully saturated rings. The van der Waals surface area contributed by atoms with Crippen LogP contribution in [0.4, 0.5) is 10.1 Å². The summed E-state index contributed by atoms with van der Waals surface area (Å²) in [6.45, 7) is 5.36. The second-order valence-corrected chi connectivity index (χ2v) is 11.2. The van der Waals surface area contributed by atoms with Gasteiger partial charge in [-0.05, 0) is 73.6 Å². The average Bonchev–Trinajstić information content (AvgIpc) is 2.83. The fraction of sp³-hybridized carbons (Fsp3) is 0.480. The van der Waals surface area contributed by atoms with Crippen LogP contribution in [0.15, 0.2) is 53.4 Å². The highest BCUT2D eigenvalue weighted by Crippen LogP contribution is 2.25. The Kier molecular flexibility index (Phi) is 7.34. The molecule has 2 aliphatic rings. The Hall–Kier alpha value is -2.45. The maximum atomic E-state index is 13.2. The van der Waals surface area contributed by atoms with Crippen molar-refractivity contribution in [3.05, 3.63) is 59.9 Å². The molecule has 0 saturated carbocycles. The lowest BCUT2D eigenvalue weighted by Crippen LogP contribution is -2.45. The Morgan fingerprint density at radius 3 is 2.39 bits per heavy atom. The van der Waals surface area contributed by atoms with Gasteiger partial charge in [-0.1, -0.05) is 19.1 Å². The van der Waals surface area contributed by atoms with Crippen molar-refractivity contribution in [2.75, 3.05) is 31.1 Å². The molecule has 4 rings (SSSR count). The van der Waals surface area contributed by atoms with Crippen molar-refractivity contribution in [1.82, 2.24) is 9.62 Å². The maximum absolute atomic E-state index is 13.2. The molecule has 0 aromatic heterocycles. The first-order valence-corrected chi connectivity index (χ1v) is 13.1. The summed E-state index contributed by atoms with van der Waals surface area (Å²) in [6.07, 6.45) is 3.76. The number of nitrogens with one attached hydrogen (secondary N) is 1. The molecule has 1 N–H and O–H groups in total. The molecular formula is C25H32FN3O3S.